The molecule has 0 radical (unpaired) electrons. The van der Waals surface area contributed by atoms with Crippen LogP contribution in [0.25, 0.3) is 11.0 Å². The minimum Gasteiger partial charge on any atom is -0.326 e. The SMILES string of the molecule is CCCCCC(C)(C)Cn1c(CCl)nc2ccc(F)cc21. The molecule has 1 aromatic heterocycles. The van der Waals surface area contributed by atoms with Crippen LogP contribution < -0.4 is 0 Å². The first-order valence-electron chi connectivity index (χ1n) is 7.67. The van der Waals surface area contributed by atoms with Gasteiger partial charge in [0.2, 0.25) is 0 Å². The number of halogens is 2. The van der Waals surface area contributed by atoms with Gasteiger partial charge in [-0.15, -0.1) is 11.6 Å². The van der Waals surface area contributed by atoms with Crippen LogP contribution in [0.3, 0.4) is 0 Å². The lowest BCUT2D eigenvalue weighted by Crippen LogP contribution is -2.21. The van der Waals surface area contributed by atoms with Crippen LogP contribution in [0.1, 0.15) is 52.3 Å². The Labute approximate surface area is 131 Å². The van der Waals surface area contributed by atoms with E-state index >= 15 is 0 Å². The molecule has 0 saturated carbocycles. The molecule has 0 N–H and O–H groups in total. The Morgan fingerprint density at radius 3 is 2.71 bits per heavy atom. The Balaban J connectivity index is 2.29. The monoisotopic (exact) mass is 310 g/mol. The first kappa shape index (κ1) is 16.3. The van der Waals surface area contributed by atoms with Crippen LogP contribution in [-0.2, 0) is 12.4 Å². The number of rotatable bonds is 7. The molecular weight excluding hydrogens is 287 g/mol. The van der Waals surface area contributed by atoms with E-state index < -0.39 is 0 Å². The van der Waals surface area contributed by atoms with E-state index in [1.807, 2.05) is 0 Å². The lowest BCUT2D eigenvalue weighted by Gasteiger charge is -2.26. The Bertz CT molecular complexity index is 604. The van der Waals surface area contributed by atoms with Gasteiger partial charge in [-0.05, 0) is 30.0 Å². The highest BCUT2D eigenvalue weighted by Gasteiger charge is 2.21. The predicted octanol–water partition coefficient (Wildman–Crippen LogP) is 5.52. The molecule has 21 heavy (non-hydrogen) atoms. The van der Waals surface area contributed by atoms with Crippen LogP contribution in [0.2, 0.25) is 0 Å². The fourth-order valence-electron chi connectivity index (χ4n) is 2.78. The number of aromatic nitrogens is 2. The number of nitrogens with zero attached hydrogens (tertiary/aromatic N) is 2. The predicted molar refractivity (Wildman–Crippen MR) is 87.2 cm³/mol. The van der Waals surface area contributed by atoms with Gasteiger partial charge in [0.1, 0.15) is 11.6 Å². The van der Waals surface area contributed by atoms with Crippen LogP contribution in [0.15, 0.2) is 18.2 Å². The molecular formula is C17H24ClFN2. The molecule has 0 aliphatic heterocycles. The number of benzene rings is 1. The lowest BCUT2D eigenvalue weighted by atomic mass is 9.86. The Morgan fingerprint density at radius 2 is 2.05 bits per heavy atom. The Hall–Kier alpha value is -1.09. The molecule has 1 heterocycles. The van der Waals surface area contributed by atoms with E-state index in [1.165, 1.54) is 25.3 Å². The summed E-state index contributed by atoms with van der Waals surface area (Å²) < 4.78 is 15.6. The van der Waals surface area contributed by atoms with Crippen molar-refractivity contribution in [2.24, 2.45) is 5.41 Å². The van der Waals surface area contributed by atoms with Crippen molar-refractivity contribution in [2.75, 3.05) is 0 Å². The van der Waals surface area contributed by atoms with Gasteiger partial charge in [-0.25, -0.2) is 9.37 Å². The van der Waals surface area contributed by atoms with E-state index in [1.54, 1.807) is 12.1 Å². The van der Waals surface area contributed by atoms with Crippen molar-refractivity contribution < 1.29 is 4.39 Å². The molecule has 2 rings (SSSR count). The van der Waals surface area contributed by atoms with E-state index in [-0.39, 0.29) is 11.2 Å². The van der Waals surface area contributed by atoms with Gasteiger partial charge < -0.3 is 4.57 Å². The number of hydrogen-bond donors (Lipinski definition) is 0. The highest BCUT2D eigenvalue weighted by molar-refractivity contribution is 6.16. The van der Waals surface area contributed by atoms with Crippen molar-refractivity contribution in [3.63, 3.8) is 0 Å². The minimum absolute atomic E-state index is 0.149. The van der Waals surface area contributed by atoms with E-state index in [0.29, 0.717) is 5.88 Å². The summed E-state index contributed by atoms with van der Waals surface area (Å²) in [4.78, 5) is 4.52. The molecule has 0 amide bonds. The van der Waals surface area contributed by atoms with Crippen LogP contribution in [0, 0.1) is 11.2 Å². The maximum Gasteiger partial charge on any atom is 0.125 e. The second-order valence-electron chi connectivity index (χ2n) is 6.50. The average Bonchev–Trinajstić information content (AvgIpc) is 2.76. The molecule has 0 atom stereocenters. The number of alkyl halides is 1. The van der Waals surface area contributed by atoms with E-state index in [0.717, 1.165) is 29.8 Å². The topological polar surface area (TPSA) is 17.8 Å². The smallest absolute Gasteiger partial charge is 0.125 e. The summed E-state index contributed by atoms with van der Waals surface area (Å²) in [5.74, 6) is 0.941. The molecule has 0 aliphatic rings. The second kappa shape index (κ2) is 6.78. The summed E-state index contributed by atoms with van der Waals surface area (Å²) in [5, 5.41) is 0. The van der Waals surface area contributed by atoms with Gasteiger partial charge in [0.05, 0.1) is 16.9 Å². The third-order valence-electron chi connectivity index (χ3n) is 3.95. The number of hydrogen-bond acceptors (Lipinski definition) is 1. The Morgan fingerprint density at radius 1 is 1.29 bits per heavy atom. The fourth-order valence-corrected chi connectivity index (χ4v) is 2.99. The summed E-state index contributed by atoms with van der Waals surface area (Å²) in [7, 11) is 0. The molecule has 4 heteroatoms. The third kappa shape index (κ3) is 3.97. The van der Waals surface area contributed by atoms with Crippen molar-refractivity contribution in [2.45, 2.75) is 58.9 Å². The molecule has 0 fully saturated rings. The van der Waals surface area contributed by atoms with Crippen molar-refractivity contribution in [3.8, 4) is 0 Å². The van der Waals surface area contributed by atoms with Crippen LogP contribution in [-0.4, -0.2) is 9.55 Å². The zero-order valence-corrected chi connectivity index (χ0v) is 13.9. The molecule has 0 saturated heterocycles. The fraction of sp³-hybridized carbons (Fsp3) is 0.588. The van der Waals surface area contributed by atoms with E-state index in [4.69, 9.17) is 11.6 Å². The van der Waals surface area contributed by atoms with Gasteiger partial charge in [0, 0.05) is 6.54 Å². The summed E-state index contributed by atoms with van der Waals surface area (Å²) >= 11 is 6.02. The van der Waals surface area contributed by atoms with Gasteiger partial charge in [0.15, 0.2) is 0 Å². The van der Waals surface area contributed by atoms with Crippen LogP contribution in [0.5, 0.6) is 0 Å². The van der Waals surface area contributed by atoms with Crippen molar-refractivity contribution in [1.82, 2.24) is 9.55 Å². The standard InChI is InChI=1S/C17H24ClFN2/c1-4-5-6-9-17(2,3)12-21-15-10-13(19)7-8-14(15)20-16(21)11-18/h7-8,10H,4-6,9,11-12H2,1-3H3. The normalized spacial score (nSPS) is 12.2. The Kier molecular flexibility index (Phi) is 5.26. The first-order valence-corrected chi connectivity index (χ1v) is 8.21. The maximum atomic E-state index is 13.5. The zero-order valence-electron chi connectivity index (χ0n) is 13.1. The molecule has 0 aliphatic carbocycles. The van der Waals surface area contributed by atoms with E-state index in [2.05, 4.69) is 30.3 Å². The number of fused-ring (bicyclic) bond motifs is 1. The van der Waals surface area contributed by atoms with Gasteiger partial charge in [-0.2, -0.15) is 0 Å². The third-order valence-corrected chi connectivity index (χ3v) is 4.19. The second-order valence-corrected chi connectivity index (χ2v) is 6.77. The number of imidazole rings is 1. The van der Waals surface area contributed by atoms with Crippen molar-refractivity contribution >= 4 is 22.6 Å². The largest absolute Gasteiger partial charge is 0.326 e. The van der Waals surface area contributed by atoms with Gasteiger partial charge >= 0.3 is 0 Å². The minimum atomic E-state index is -0.228. The molecule has 2 aromatic rings. The molecule has 0 spiro atoms. The zero-order chi connectivity index (χ0) is 15.5. The lowest BCUT2D eigenvalue weighted by molar-refractivity contribution is 0.272. The summed E-state index contributed by atoms with van der Waals surface area (Å²) in [6.07, 6.45) is 4.85. The highest BCUT2D eigenvalue weighted by atomic mass is 35.5. The van der Waals surface area contributed by atoms with Crippen LogP contribution in [0.4, 0.5) is 4.39 Å². The van der Waals surface area contributed by atoms with Gasteiger partial charge in [0.25, 0.3) is 0 Å². The van der Waals surface area contributed by atoms with Crippen molar-refractivity contribution in [1.29, 1.82) is 0 Å². The van der Waals surface area contributed by atoms with Gasteiger partial charge in [-0.1, -0.05) is 40.0 Å². The van der Waals surface area contributed by atoms with Crippen LogP contribution >= 0.6 is 11.6 Å². The summed E-state index contributed by atoms with van der Waals surface area (Å²) in [6, 6.07) is 4.73. The first-order chi connectivity index (χ1) is 9.96. The quantitative estimate of drug-likeness (QED) is 0.486. The van der Waals surface area contributed by atoms with Crippen molar-refractivity contribution in [3.05, 3.63) is 29.8 Å². The molecule has 0 unspecified atom stereocenters. The molecule has 2 nitrogen and oxygen atoms in total. The molecule has 1 aromatic carbocycles. The summed E-state index contributed by atoms with van der Waals surface area (Å²) in [6.45, 7) is 7.54. The average molecular weight is 311 g/mol. The van der Waals surface area contributed by atoms with E-state index in [9.17, 15) is 4.39 Å². The molecule has 116 valence electrons. The van der Waals surface area contributed by atoms with Gasteiger partial charge in [-0.3, -0.25) is 0 Å². The highest BCUT2D eigenvalue weighted by Crippen LogP contribution is 2.29. The maximum absolute atomic E-state index is 13.5. The molecule has 0 bridgehead atoms. The number of unbranched alkanes of at least 4 members (excludes halogenated alkanes) is 2. The summed E-state index contributed by atoms with van der Waals surface area (Å²) in [5.41, 5.74) is 1.81.